The van der Waals surface area contributed by atoms with Gasteiger partial charge in [-0.25, -0.2) is 0 Å². The van der Waals surface area contributed by atoms with Gasteiger partial charge in [0.05, 0.1) is 11.5 Å². The SMILES string of the molecule is CCC(C)(C#N)c1cccn1C(=S)S. The van der Waals surface area contributed by atoms with Gasteiger partial charge >= 0.3 is 0 Å². The van der Waals surface area contributed by atoms with Gasteiger partial charge in [0.2, 0.25) is 0 Å². The van der Waals surface area contributed by atoms with Crippen molar-refractivity contribution < 1.29 is 0 Å². The van der Waals surface area contributed by atoms with Crippen LogP contribution >= 0.6 is 24.8 Å². The molecule has 0 aliphatic rings. The van der Waals surface area contributed by atoms with E-state index in [0.29, 0.717) is 4.32 Å². The summed E-state index contributed by atoms with van der Waals surface area (Å²) < 4.78 is 2.24. The topological polar surface area (TPSA) is 28.7 Å². The van der Waals surface area contributed by atoms with E-state index in [1.807, 2.05) is 32.2 Å². The minimum atomic E-state index is -0.490. The van der Waals surface area contributed by atoms with E-state index in [-0.39, 0.29) is 0 Å². The third-order valence-corrected chi connectivity index (χ3v) is 2.89. The molecule has 0 aliphatic heterocycles. The fraction of sp³-hybridized carbons (Fsp3) is 0.400. The molecule has 1 rings (SSSR count). The average Bonchev–Trinajstić information content (AvgIpc) is 2.65. The number of thiol groups is 1. The van der Waals surface area contributed by atoms with E-state index in [4.69, 9.17) is 17.5 Å². The van der Waals surface area contributed by atoms with Crippen molar-refractivity contribution in [1.29, 1.82) is 5.26 Å². The average molecular weight is 224 g/mol. The first kappa shape index (κ1) is 11.3. The van der Waals surface area contributed by atoms with Gasteiger partial charge in [0, 0.05) is 11.9 Å². The van der Waals surface area contributed by atoms with Crippen molar-refractivity contribution in [2.24, 2.45) is 0 Å². The molecule has 1 atom stereocenters. The second kappa shape index (κ2) is 4.16. The van der Waals surface area contributed by atoms with Crippen LogP contribution in [0.15, 0.2) is 18.3 Å². The number of hydrogen-bond donors (Lipinski definition) is 1. The standard InChI is InChI=1S/C10H12N2S2/c1-3-10(2,7-11)8-5-4-6-12(8)9(13)14/h4-6H,3H2,1-2H3,(H,13,14). The summed E-state index contributed by atoms with van der Waals surface area (Å²) in [7, 11) is 0. The van der Waals surface area contributed by atoms with E-state index in [9.17, 15) is 0 Å². The zero-order valence-corrected chi connectivity index (χ0v) is 9.90. The number of nitriles is 1. The summed E-state index contributed by atoms with van der Waals surface area (Å²) >= 11 is 9.10. The quantitative estimate of drug-likeness (QED) is 0.618. The molecule has 0 fully saturated rings. The van der Waals surface area contributed by atoms with Crippen LogP contribution in [0.4, 0.5) is 0 Å². The van der Waals surface area contributed by atoms with Crippen LogP contribution in [-0.2, 0) is 5.41 Å². The highest BCUT2D eigenvalue weighted by molar-refractivity contribution is 8.11. The van der Waals surface area contributed by atoms with Gasteiger partial charge in [0.15, 0.2) is 0 Å². The normalized spacial score (nSPS) is 14.4. The van der Waals surface area contributed by atoms with E-state index >= 15 is 0 Å². The fourth-order valence-electron chi connectivity index (χ4n) is 1.31. The molecule has 1 unspecified atom stereocenters. The molecule has 0 N–H and O–H groups in total. The Balaban J connectivity index is 3.26. The molecule has 0 saturated carbocycles. The molecule has 0 amide bonds. The van der Waals surface area contributed by atoms with Crippen LogP contribution in [-0.4, -0.2) is 8.89 Å². The van der Waals surface area contributed by atoms with Gasteiger partial charge < -0.3 is 4.57 Å². The van der Waals surface area contributed by atoms with Gasteiger partial charge in [-0.2, -0.15) is 5.26 Å². The maximum absolute atomic E-state index is 9.13. The third kappa shape index (κ3) is 1.84. The minimum absolute atomic E-state index is 0.472. The summed E-state index contributed by atoms with van der Waals surface area (Å²) in [6, 6.07) is 6.10. The molecule has 4 heteroatoms. The molecule has 14 heavy (non-hydrogen) atoms. The minimum Gasteiger partial charge on any atom is -0.305 e. The number of hydrogen-bond acceptors (Lipinski definition) is 2. The maximum atomic E-state index is 9.13. The monoisotopic (exact) mass is 224 g/mol. The summed E-state index contributed by atoms with van der Waals surface area (Å²) in [5.41, 5.74) is 0.415. The molecular weight excluding hydrogens is 212 g/mol. The van der Waals surface area contributed by atoms with Crippen molar-refractivity contribution in [3.63, 3.8) is 0 Å². The molecule has 0 aliphatic carbocycles. The van der Waals surface area contributed by atoms with Gasteiger partial charge in [-0.05, 0) is 25.5 Å². The highest BCUT2D eigenvalue weighted by Crippen LogP contribution is 2.27. The third-order valence-electron chi connectivity index (χ3n) is 2.47. The Morgan fingerprint density at radius 1 is 1.79 bits per heavy atom. The molecule has 0 aromatic carbocycles. The Morgan fingerprint density at radius 2 is 2.43 bits per heavy atom. The molecular formula is C10H12N2S2. The fourth-order valence-corrected chi connectivity index (χ4v) is 1.65. The first-order valence-electron chi connectivity index (χ1n) is 4.37. The van der Waals surface area contributed by atoms with E-state index in [1.165, 1.54) is 0 Å². The number of rotatable bonds is 2. The van der Waals surface area contributed by atoms with Gasteiger partial charge in [-0.1, -0.05) is 19.1 Å². The summed E-state index contributed by atoms with van der Waals surface area (Å²) in [6.07, 6.45) is 2.58. The zero-order chi connectivity index (χ0) is 10.8. The van der Waals surface area contributed by atoms with Gasteiger partial charge in [-0.15, -0.1) is 12.6 Å². The Kier molecular flexibility index (Phi) is 3.35. The largest absolute Gasteiger partial charge is 0.305 e. The predicted octanol–water partition coefficient (Wildman–Crippen LogP) is 2.74. The zero-order valence-electron chi connectivity index (χ0n) is 8.19. The van der Waals surface area contributed by atoms with Crippen LogP contribution in [0.5, 0.6) is 0 Å². The van der Waals surface area contributed by atoms with Crippen LogP contribution in [0.25, 0.3) is 0 Å². The lowest BCUT2D eigenvalue weighted by molar-refractivity contribution is 0.563. The molecule has 2 nitrogen and oxygen atoms in total. The van der Waals surface area contributed by atoms with Crippen LogP contribution < -0.4 is 0 Å². The highest BCUT2D eigenvalue weighted by atomic mass is 32.1. The van der Waals surface area contributed by atoms with E-state index in [1.54, 1.807) is 4.57 Å². The van der Waals surface area contributed by atoms with E-state index < -0.39 is 5.41 Å². The first-order chi connectivity index (χ1) is 6.55. The second-order valence-corrected chi connectivity index (χ2v) is 4.46. The van der Waals surface area contributed by atoms with Crippen LogP contribution in [0.1, 0.15) is 26.0 Å². The summed E-state index contributed by atoms with van der Waals surface area (Å²) in [5.74, 6) is 0. The van der Waals surface area contributed by atoms with Crippen molar-refractivity contribution in [2.45, 2.75) is 25.7 Å². The van der Waals surface area contributed by atoms with E-state index in [0.717, 1.165) is 12.1 Å². The molecule has 0 saturated heterocycles. The summed E-state index contributed by atoms with van der Waals surface area (Å²) in [5, 5.41) is 9.13. The molecule has 0 spiro atoms. The van der Waals surface area contributed by atoms with Gasteiger partial charge in [-0.3, -0.25) is 0 Å². The lowest BCUT2D eigenvalue weighted by atomic mass is 9.86. The lowest BCUT2D eigenvalue weighted by Gasteiger charge is -2.21. The Labute approximate surface area is 94.9 Å². The molecule has 1 heterocycles. The van der Waals surface area contributed by atoms with Crippen molar-refractivity contribution in [3.05, 3.63) is 24.0 Å². The number of nitrogens with zero attached hydrogens (tertiary/aromatic N) is 2. The number of aromatic nitrogens is 1. The lowest BCUT2D eigenvalue weighted by Crippen LogP contribution is -2.23. The summed E-state index contributed by atoms with van der Waals surface area (Å²) in [4.78, 5) is 0. The Bertz CT molecular complexity index is 389. The van der Waals surface area contributed by atoms with Crippen molar-refractivity contribution in [2.75, 3.05) is 0 Å². The van der Waals surface area contributed by atoms with Crippen molar-refractivity contribution >= 4 is 29.2 Å². The smallest absolute Gasteiger partial charge is 0.141 e. The van der Waals surface area contributed by atoms with Crippen molar-refractivity contribution in [3.8, 4) is 6.07 Å². The number of thiocarbonyl (C=S) groups is 1. The van der Waals surface area contributed by atoms with Crippen LogP contribution in [0.2, 0.25) is 0 Å². The molecule has 0 radical (unpaired) electrons. The predicted molar refractivity (Wildman–Crippen MR) is 64.7 cm³/mol. The summed E-state index contributed by atoms with van der Waals surface area (Å²) in [6.45, 7) is 3.90. The second-order valence-electron chi connectivity index (χ2n) is 3.34. The van der Waals surface area contributed by atoms with Gasteiger partial charge in [0.1, 0.15) is 4.32 Å². The van der Waals surface area contributed by atoms with Crippen LogP contribution in [0, 0.1) is 11.3 Å². The van der Waals surface area contributed by atoms with Gasteiger partial charge in [0.25, 0.3) is 0 Å². The highest BCUT2D eigenvalue weighted by Gasteiger charge is 2.27. The molecule has 1 aromatic rings. The Hall–Kier alpha value is -0.790. The molecule has 74 valence electrons. The first-order valence-corrected chi connectivity index (χ1v) is 5.23. The Morgan fingerprint density at radius 3 is 2.86 bits per heavy atom. The molecule has 1 aromatic heterocycles. The van der Waals surface area contributed by atoms with E-state index in [2.05, 4.69) is 18.7 Å². The maximum Gasteiger partial charge on any atom is 0.141 e. The van der Waals surface area contributed by atoms with Crippen LogP contribution in [0.3, 0.4) is 0 Å². The van der Waals surface area contributed by atoms with Crippen molar-refractivity contribution in [1.82, 2.24) is 4.57 Å². The molecule has 0 bridgehead atoms.